The summed E-state index contributed by atoms with van der Waals surface area (Å²) in [6.07, 6.45) is 3.00. The number of para-hydroxylation sites is 1. The average Bonchev–Trinajstić information content (AvgIpc) is 2.92. The molecule has 0 saturated carbocycles. The number of nitrogens with zero attached hydrogens (tertiary/aromatic N) is 4. The summed E-state index contributed by atoms with van der Waals surface area (Å²) in [6, 6.07) is 26.5. The molecule has 1 aliphatic heterocycles. The predicted molar refractivity (Wildman–Crippen MR) is 137 cm³/mol. The van der Waals surface area contributed by atoms with Crippen molar-refractivity contribution in [2.45, 2.75) is 18.8 Å². The highest BCUT2D eigenvalue weighted by atomic mass is 16.6. The van der Waals surface area contributed by atoms with Gasteiger partial charge in [-0.3, -0.25) is 25.8 Å². The van der Waals surface area contributed by atoms with Crippen LogP contribution in [-0.4, -0.2) is 27.3 Å². The van der Waals surface area contributed by atoms with Crippen LogP contribution in [-0.2, 0) is 11.2 Å². The normalized spacial score (nSPS) is 12.6. The number of benzene rings is 3. The van der Waals surface area contributed by atoms with Crippen LogP contribution < -0.4 is 15.8 Å². The Balaban J connectivity index is 1.45. The first-order valence-electron chi connectivity index (χ1n) is 11.6. The van der Waals surface area contributed by atoms with Gasteiger partial charge in [0.2, 0.25) is 17.5 Å². The SMILES string of the molecule is O=C(NNc1ncnc(N2CCCc3ccccc32)c1[N+](=O)[O-])C(c1ccccc1)c1ccccc1. The van der Waals surface area contributed by atoms with E-state index in [1.54, 1.807) is 0 Å². The molecule has 0 aliphatic carbocycles. The van der Waals surface area contributed by atoms with Crippen molar-refractivity contribution in [3.05, 3.63) is 118 Å². The standard InChI is InChI=1S/C27H24N6O3/c34-27(23(20-11-3-1-4-12-20)21-13-5-2-6-14-21)31-30-25-24(33(35)36)26(29-18-28-25)32-17-9-15-19-10-7-8-16-22(19)32/h1-8,10-14,16,18,23H,9,15,17H2,(H,31,34)(H,28,29,30). The summed E-state index contributed by atoms with van der Waals surface area (Å²) >= 11 is 0. The van der Waals surface area contributed by atoms with Crippen LogP contribution in [0.3, 0.4) is 0 Å². The number of hydrogen-bond acceptors (Lipinski definition) is 7. The Kier molecular flexibility index (Phi) is 6.53. The smallest absolute Gasteiger partial charge is 0.320 e. The van der Waals surface area contributed by atoms with Gasteiger partial charge in [-0.15, -0.1) is 0 Å². The second-order valence-corrected chi connectivity index (χ2v) is 8.40. The van der Waals surface area contributed by atoms with Crippen molar-refractivity contribution in [1.29, 1.82) is 0 Å². The quantitative estimate of drug-likeness (QED) is 0.290. The Morgan fingerprint density at radius 1 is 0.917 bits per heavy atom. The lowest BCUT2D eigenvalue weighted by atomic mass is 9.91. The van der Waals surface area contributed by atoms with E-state index in [0.717, 1.165) is 35.2 Å². The molecule has 0 bridgehead atoms. The zero-order valence-corrected chi connectivity index (χ0v) is 19.4. The first kappa shape index (κ1) is 23.0. The highest BCUT2D eigenvalue weighted by Crippen LogP contribution is 2.39. The van der Waals surface area contributed by atoms with Crippen molar-refractivity contribution in [3.63, 3.8) is 0 Å². The van der Waals surface area contributed by atoms with Crippen molar-refractivity contribution < 1.29 is 9.72 Å². The fourth-order valence-electron chi connectivity index (χ4n) is 4.56. The van der Waals surface area contributed by atoms with Gasteiger partial charge in [-0.1, -0.05) is 78.9 Å². The van der Waals surface area contributed by atoms with E-state index in [9.17, 15) is 14.9 Å². The Hall–Kier alpha value is -4.79. The summed E-state index contributed by atoms with van der Waals surface area (Å²) in [6.45, 7) is 0.588. The Morgan fingerprint density at radius 3 is 2.22 bits per heavy atom. The summed E-state index contributed by atoms with van der Waals surface area (Å²) < 4.78 is 0. The van der Waals surface area contributed by atoms with E-state index in [1.165, 1.54) is 6.33 Å². The number of nitrogens with one attached hydrogen (secondary N) is 2. The number of rotatable bonds is 7. The number of anilines is 3. The first-order chi connectivity index (χ1) is 17.6. The molecular formula is C27H24N6O3. The van der Waals surface area contributed by atoms with Crippen molar-refractivity contribution in [1.82, 2.24) is 15.4 Å². The molecule has 3 aromatic carbocycles. The Morgan fingerprint density at radius 2 is 1.56 bits per heavy atom. The van der Waals surface area contributed by atoms with Crippen LogP contribution in [0.5, 0.6) is 0 Å². The van der Waals surface area contributed by atoms with E-state index in [0.29, 0.717) is 6.54 Å². The fourth-order valence-corrected chi connectivity index (χ4v) is 4.56. The molecule has 0 radical (unpaired) electrons. The third-order valence-electron chi connectivity index (χ3n) is 6.18. The van der Waals surface area contributed by atoms with E-state index in [1.807, 2.05) is 89.8 Å². The number of aryl methyl sites for hydroxylation is 1. The molecule has 9 nitrogen and oxygen atoms in total. The molecule has 0 spiro atoms. The summed E-state index contributed by atoms with van der Waals surface area (Å²) in [5.41, 5.74) is 8.62. The molecule has 180 valence electrons. The molecule has 4 aromatic rings. The number of carbonyl (C=O) groups excluding carboxylic acids is 1. The summed E-state index contributed by atoms with van der Waals surface area (Å²) in [4.78, 5) is 35.2. The van der Waals surface area contributed by atoms with Gasteiger partial charge in [0.05, 0.1) is 10.8 Å². The Labute approximate surface area is 208 Å². The molecule has 5 rings (SSSR count). The zero-order chi connectivity index (χ0) is 24.9. The van der Waals surface area contributed by atoms with Crippen molar-refractivity contribution in [2.24, 2.45) is 0 Å². The lowest BCUT2D eigenvalue weighted by Crippen LogP contribution is -2.35. The molecule has 0 unspecified atom stereocenters. The minimum Gasteiger partial charge on any atom is -0.320 e. The molecule has 1 aromatic heterocycles. The van der Waals surface area contributed by atoms with E-state index in [2.05, 4.69) is 20.8 Å². The highest BCUT2D eigenvalue weighted by molar-refractivity contribution is 5.88. The average molecular weight is 481 g/mol. The maximum Gasteiger partial charge on any atom is 0.355 e. The lowest BCUT2D eigenvalue weighted by molar-refractivity contribution is -0.383. The van der Waals surface area contributed by atoms with Crippen LogP contribution in [0.2, 0.25) is 0 Å². The van der Waals surface area contributed by atoms with Gasteiger partial charge in [-0.05, 0) is 35.6 Å². The second-order valence-electron chi connectivity index (χ2n) is 8.40. The Bertz CT molecular complexity index is 1340. The van der Waals surface area contributed by atoms with Gasteiger partial charge in [0.1, 0.15) is 6.33 Å². The molecule has 9 heteroatoms. The second kappa shape index (κ2) is 10.2. The van der Waals surface area contributed by atoms with E-state index in [4.69, 9.17) is 0 Å². The van der Waals surface area contributed by atoms with Crippen molar-refractivity contribution in [3.8, 4) is 0 Å². The third kappa shape index (κ3) is 4.58. The van der Waals surface area contributed by atoms with Gasteiger partial charge in [0.25, 0.3) is 0 Å². The minimum atomic E-state index is -0.616. The molecule has 2 N–H and O–H groups in total. The van der Waals surface area contributed by atoms with Gasteiger partial charge in [0.15, 0.2) is 0 Å². The number of nitro groups is 1. The monoisotopic (exact) mass is 480 g/mol. The maximum atomic E-state index is 13.4. The molecule has 0 atom stereocenters. The molecule has 2 heterocycles. The summed E-state index contributed by atoms with van der Waals surface area (Å²) in [5, 5.41) is 12.2. The molecule has 1 amide bonds. The zero-order valence-electron chi connectivity index (χ0n) is 19.4. The van der Waals surface area contributed by atoms with E-state index in [-0.39, 0.29) is 23.2 Å². The van der Waals surface area contributed by atoms with Crippen LogP contribution in [0.1, 0.15) is 29.0 Å². The first-order valence-corrected chi connectivity index (χ1v) is 11.6. The number of hydrogen-bond donors (Lipinski definition) is 2. The molecule has 1 aliphatic rings. The molecular weight excluding hydrogens is 456 g/mol. The highest BCUT2D eigenvalue weighted by Gasteiger charge is 2.31. The number of fused-ring (bicyclic) bond motifs is 1. The maximum absolute atomic E-state index is 13.4. The third-order valence-corrected chi connectivity index (χ3v) is 6.18. The molecule has 36 heavy (non-hydrogen) atoms. The van der Waals surface area contributed by atoms with Gasteiger partial charge in [-0.2, -0.15) is 0 Å². The van der Waals surface area contributed by atoms with Gasteiger partial charge >= 0.3 is 5.69 Å². The number of hydrazine groups is 1. The van der Waals surface area contributed by atoms with E-state index >= 15 is 0 Å². The van der Waals surface area contributed by atoms with Crippen LogP contribution >= 0.6 is 0 Å². The number of amides is 1. The van der Waals surface area contributed by atoms with Crippen molar-refractivity contribution >= 4 is 28.9 Å². The van der Waals surface area contributed by atoms with Crippen LogP contribution in [0.25, 0.3) is 0 Å². The van der Waals surface area contributed by atoms with E-state index < -0.39 is 10.8 Å². The van der Waals surface area contributed by atoms with Crippen LogP contribution in [0.15, 0.2) is 91.3 Å². The largest absolute Gasteiger partial charge is 0.355 e. The predicted octanol–water partition coefficient (Wildman–Crippen LogP) is 4.74. The topological polar surface area (TPSA) is 113 Å². The van der Waals surface area contributed by atoms with Gasteiger partial charge in [0, 0.05) is 12.2 Å². The van der Waals surface area contributed by atoms with Gasteiger partial charge < -0.3 is 4.90 Å². The van der Waals surface area contributed by atoms with Crippen LogP contribution in [0, 0.1) is 10.1 Å². The fraction of sp³-hybridized carbons (Fsp3) is 0.148. The number of aromatic nitrogens is 2. The van der Waals surface area contributed by atoms with Crippen LogP contribution in [0.4, 0.5) is 23.0 Å². The molecule has 0 saturated heterocycles. The molecule has 0 fully saturated rings. The minimum absolute atomic E-state index is 0.0822. The van der Waals surface area contributed by atoms with Crippen molar-refractivity contribution in [2.75, 3.05) is 16.9 Å². The van der Waals surface area contributed by atoms with Gasteiger partial charge in [-0.25, -0.2) is 9.97 Å². The number of carbonyl (C=O) groups is 1. The lowest BCUT2D eigenvalue weighted by Gasteiger charge is -2.30. The summed E-state index contributed by atoms with van der Waals surface area (Å²) in [7, 11) is 0. The summed E-state index contributed by atoms with van der Waals surface area (Å²) in [5.74, 6) is -0.887.